The Morgan fingerprint density at radius 2 is 2.00 bits per heavy atom. The van der Waals surface area contributed by atoms with Gasteiger partial charge in [-0.15, -0.1) is 0 Å². The fourth-order valence-electron chi connectivity index (χ4n) is 1.51. The molecule has 5 nitrogen and oxygen atoms in total. The Kier molecular flexibility index (Phi) is 5.54. The van der Waals surface area contributed by atoms with Gasteiger partial charge in [0.1, 0.15) is 0 Å². The van der Waals surface area contributed by atoms with Crippen LogP contribution < -0.4 is 10.6 Å². The van der Waals surface area contributed by atoms with Crippen molar-refractivity contribution >= 4 is 46.0 Å². The number of aromatic nitrogens is 2. The lowest BCUT2D eigenvalue weighted by Crippen LogP contribution is -2.29. The molecule has 0 aliphatic carbocycles. The Morgan fingerprint density at radius 1 is 1.25 bits per heavy atom. The molecule has 7 heteroatoms. The summed E-state index contributed by atoms with van der Waals surface area (Å²) in [7, 11) is 0. The van der Waals surface area contributed by atoms with Gasteiger partial charge >= 0.3 is 0 Å². The summed E-state index contributed by atoms with van der Waals surface area (Å²) in [6.45, 7) is 1.04. The van der Waals surface area contributed by atoms with Gasteiger partial charge in [0.15, 0.2) is 0 Å². The molecule has 2 rings (SSSR count). The second-order valence-electron chi connectivity index (χ2n) is 3.88. The van der Waals surface area contributed by atoms with Crippen molar-refractivity contribution in [2.24, 2.45) is 0 Å². The molecule has 2 N–H and O–H groups in total. The summed E-state index contributed by atoms with van der Waals surface area (Å²) in [6.07, 6.45) is 3.31. The first-order chi connectivity index (χ1) is 9.66. The third kappa shape index (κ3) is 4.31. The van der Waals surface area contributed by atoms with Gasteiger partial charge < -0.3 is 10.6 Å². The molecule has 0 saturated heterocycles. The van der Waals surface area contributed by atoms with E-state index in [0.29, 0.717) is 29.6 Å². The van der Waals surface area contributed by atoms with Crippen LogP contribution in [0.2, 0.25) is 5.02 Å². The van der Waals surface area contributed by atoms with E-state index in [4.69, 9.17) is 11.6 Å². The number of carbonyl (C=O) groups is 1. The second-order valence-corrected chi connectivity index (χ2v) is 5.48. The Morgan fingerprint density at radius 3 is 2.70 bits per heavy atom. The van der Waals surface area contributed by atoms with Gasteiger partial charge in [0, 0.05) is 34.1 Å². The van der Waals surface area contributed by atoms with Crippen molar-refractivity contribution in [3.8, 4) is 0 Å². The van der Waals surface area contributed by atoms with Crippen LogP contribution in [0.5, 0.6) is 0 Å². The van der Waals surface area contributed by atoms with Gasteiger partial charge in [0.05, 0.1) is 5.56 Å². The first-order valence-electron chi connectivity index (χ1n) is 5.91. The van der Waals surface area contributed by atoms with E-state index in [-0.39, 0.29) is 5.91 Å². The number of anilines is 1. The van der Waals surface area contributed by atoms with Crippen molar-refractivity contribution in [3.05, 3.63) is 50.8 Å². The molecule has 104 valence electrons. The zero-order valence-electron chi connectivity index (χ0n) is 10.4. The highest BCUT2D eigenvalue weighted by Crippen LogP contribution is 2.17. The molecule has 0 spiro atoms. The summed E-state index contributed by atoms with van der Waals surface area (Å²) in [4.78, 5) is 20.0. The Bertz CT molecular complexity index is 594. The van der Waals surface area contributed by atoms with E-state index in [0.717, 1.165) is 3.57 Å². The number of hydrogen-bond acceptors (Lipinski definition) is 4. The van der Waals surface area contributed by atoms with Crippen LogP contribution in [-0.2, 0) is 0 Å². The number of benzene rings is 1. The van der Waals surface area contributed by atoms with Crippen LogP contribution in [0.1, 0.15) is 10.4 Å². The van der Waals surface area contributed by atoms with E-state index in [1.54, 1.807) is 36.7 Å². The number of amides is 1. The number of nitrogens with one attached hydrogen (secondary N) is 2. The molecule has 0 saturated carbocycles. The fraction of sp³-hybridized carbons (Fsp3) is 0.154. The summed E-state index contributed by atoms with van der Waals surface area (Å²) in [6, 6.07) is 6.92. The second kappa shape index (κ2) is 7.39. The van der Waals surface area contributed by atoms with Crippen LogP contribution in [0.3, 0.4) is 0 Å². The summed E-state index contributed by atoms with van der Waals surface area (Å²) in [5.41, 5.74) is 0.617. The van der Waals surface area contributed by atoms with Crippen LogP contribution in [0, 0.1) is 3.57 Å². The van der Waals surface area contributed by atoms with E-state index < -0.39 is 0 Å². The standard InChI is InChI=1S/C13H12ClIN4O/c14-9-2-3-10(11(15)8-9)12(20)16-6-7-19-13-17-4-1-5-18-13/h1-5,8H,6-7H2,(H,16,20)(H,17,18,19). The van der Waals surface area contributed by atoms with Gasteiger partial charge in [-0.25, -0.2) is 9.97 Å². The minimum absolute atomic E-state index is 0.123. The molecule has 1 amide bonds. The summed E-state index contributed by atoms with van der Waals surface area (Å²) < 4.78 is 0.826. The maximum atomic E-state index is 12.0. The third-order valence-electron chi connectivity index (χ3n) is 2.44. The fourth-order valence-corrected chi connectivity index (χ4v) is 2.63. The molecule has 0 fully saturated rings. The molecule has 0 aliphatic heterocycles. The summed E-state index contributed by atoms with van der Waals surface area (Å²) >= 11 is 7.95. The Labute approximate surface area is 135 Å². The van der Waals surface area contributed by atoms with Crippen molar-refractivity contribution in [1.29, 1.82) is 0 Å². The van der Waals surface area contributed by atoms with Crippen molar-refractivity contribution in [2.75, 3.05) is 18.4 Å². The highest BCUT2D eigenvalue weighted by molar-refractivity contribution is 14.1. The lowest BCUT2D eigenvalue weighted by Gasteiger charge is -2.08. The minimum atomic E-state index is -0.123. The number of carbonyl (C=O) groups excluding carboxylic acids is 1. The molecule has 0 atom stereocenters. The normalized spacial score (nSPS) is 10.1. The molecule has 0 radical (unpaired) electrons. The number of nitrogens with zero attached hydrogens (tertiary/aromatic N) is 2. The Hall–Kier alpha value is -1.41. The lowest BCUT2D eigenvalue weighted by atomic mass is 10.2. The third-order valence-corrected chi connectivity index (χ3v) is 3.56. The van der Waals surface area contributed by atoms with Gasteiger partial charge in [-0.05, 0) is 46.9 Å². The largest absolute Gasteiger partial charge is 0.352 e. The molecule has 2 aromatic rings. The molecule has 0 unspecified atom stereocenters. The maximum absolute atomic E-state index is 12.0. The van der Waals surface area contributed by atoms with Crippen molar-refractivity contribution in [3.63, 3.8) is 0 Å². The van der Waals surface area contributed by atoms with E-state index in [1.807, 2.05) is 0 Å². The first kappa shape index (κ1) is 15.0. The summed E-state index contributed by atoms with van der Waals surface area (Å²) in [5.74, 6) is 0.421. The minimum Gasteiger partial charge on any atom is -0.352 e. The van der Waals surface area contributed by atoms with E-state index in [9.17, 15) is 4.79 Å². The highest BCUT2D eigenvalue weighted by atomic mass is 127. The average molecular weight is 403 g/mol. The molecule has 20 heavy (non-hydrogen) atoms. The van der Waals surface area contributed by atoms with Gasteiger partial charge in [-0.3, -0.25) is 4.79 Å². The SMILES string of the molecule is O=C(NCCNc1ncccn1)c1ccc(Cl)cc1I. The van der Waals surface area contributed by atoms with Crippen molar-refractivity contribution in [1.82, 2.24) is 15.3 Å². The van der Waals surface area contributed by atoms with Crippen LogP contribution in [0.25, 0.3) is 0 Å². The lowest BCUT2D eigenvalue weighted by molar-refractivity contribution is 0.0954. The van der Waals surface area contributed by atoms with Gasteiger partial charge in [0.2, 0.25) is 5.95 Å². The van der Waals surface area contributed by atoms with Crippen molar-refractivity contribution < 1.29 is 4.79 Å². The molecular formula is C13H12ClIN4O. The van der Waals surface area contributed by atoms with E-state index in [1.165, 1.54) is 0 Å². The zero-order valence-corrected chi connectivity index (χ0v) is 13.4. The molecule has 0 aliphatic rings. The van der Waals surface area contributed by atoms with Crippen LogP contribution in [0.4, 0.5) is 5.95 Å². The van der Waals surface area contributed by atoms with Crippen LogP contribution in [0.15, 0.2) is 36.7 Å². The quantitative estimate of drug-likeness (QED) is 0.596. The number of halogens is 2. The number of hydrogen-bond donors (Lipinski definition) is 2. The first-order valence-corrected chi connectivity index (χ1v) is 7.36. The van der Waals surface area contributed by atoms with Crippen LogP contribution >= 0.6 is 34.2 Å². The van der Waals surface area contributed by atoms with Gasteiger partial charge in [-0.2, -0.15) is 0 Å². The predicted octanol–water partition coefficient (Wildman–Crippen LogP) is 2.58. The molecule has 1 heterocycles. The van der Waals surface area contributed by atoms with Gasteiger partial charge in [0.25, 0.3) is 5.91 Å². The predicted molar refractivity (Wildman–Crippen MR) is 87.0 cm³/mol. The maximum Gasteiger partial charge on any atom is 0.252 e. The van der Waals surface area contributed by atoms with E-state index >= 15 is 0 Å². The van der Waals surface area contributed by atoms with Crippen LogP contribution in [-0.4, -0.2) is 29.0 Å². The zero-order chi connectivity index (χ0) is 14.4. The van der Waals surface area contributed by atoms with Gasteiger partial charge in [-0.1, -0.05) is 11.6 Å². The Balaban J connectivity index is 1.80. The van der Waals surface area contributed by atoms with Crippen molar-refractivity contribution in [2.45, 2.75) is 0 Å². The highest BCUT2D eigenvalue weighted by Gasteiger charge is 2.09. The summed E-state index contributed by atoms with van der Waals surface area (Å²) in [5, 5.41) is 6.46. The average Bonchev–Trinajstić information content (AvgIpc) is 2.44. The molecule has 1 aromatic carbocycles. The smallest absolute Gasteiger partial charge is 0.252 e. The topological polar surface area (TPSA) is 66.9 Å². The molecular weight excluding hydrogens is 391 g/mol. The number of rotatable bonds is 5. The monoisotopic (exact) mass is 402 g/mol. The molecule has 0 bridgehead atoms. The van der Waals surface area contributed by atoms with E-state index in [2.05, 4.69) is 43.2 Å². The molecule has 1 aromatic heterocycles.